The highest BCUT2D eigenvalue weighted by Crippen LogP contribution is 2.37. The van der Waals surface area contributed by atoms with Crippen molar-refractivity contribution < 1.29 is 36.6 Å². The minimum Gasteiger partial charge on any atom is -0.494 e. The van der Waals surface area contributed by atoms with Crippen molar-refractivity contribution in [1.82, 2.24) is 4.90 Å². The highest BCUT2D eigenvalue weighted by Gasteiger charge is 2.34. The van der Waals surface area contributed by atoms with E-state index in [4.69, 9.17) is 16.3 Å². The molecule has 0 aliphatic heterocycles. The van der Waals surface area contributed by atoms with Gasteiger partial charge in [0, 0.05) is 25.6 Å². The van der Waals surface area contributed by atoms with Crippen molar-refractivity contribution in [1.29, 1.82) is 0 Å². The Hall–Kier alpha value is -3.95. The van der Waals surface area contributed by atoms with Crippen LogP contribution in [0.4, 0.5) is 22.0 Å². The molecular weight excluding hydrogens is 577 g/mol. The molecule has 4 nitrogen and oxygen atoms in total. The second-order valence-corrected chi connectivity index (χ2v) is 10.1. The smallest absolute Gasteiger partial charge is 0.417 e. The second kappa shape index (κ2) is 13.8. The van der Waals surface area contributed by atoms with Crippen LogP contribution in [0.2, 0.25) is 5.02 Å². The van der Waals surface area contributed by atoms with Gasteiger partial charge in [0.1, 0.15) is 17.4 Å². The van der Waals surface area contributed by atoms with Gasteiger partial charge in [-0.25, -0.2) is 13.6 Å². The van der Waals surface area contributed by atoms with Gasteiger partial charge in [0.05, 0.1) is 22.8 Å². The molecule has 42 heavy (non-hydrogen) atoms. The lowest BCUT2D eigenvalue weighted by Crippen LogP contribution is -2.31. The number of aromatic carboxylic acids is 1. The third kappa shape index (κ3) is 8.30. The van der Waals surface area contributed by atoms with Gasteiger partial charge in [0.15, 0.2) is 0 Å². The lowest BCUT2D eigenvalue weighted by Gasteiger charge is -2.29. The Labute approximate surface area is 244 Å². The van der Waals surface area contributed by atoms with Gasteiger partial charge < -0.3 is 9.84 Å². The van der Waals surface area contributed by atoms with Crippen LogP contribution in [0.15, 0.2) is 91.0 Å². The van der Waals surface area contributed by atoms with Crippen LogP contribution < -0.4 is 4.74 Å². The zero-order valence-corrected chi connectivity index (χ0v) is 23.0. The summed E-state index contributed by atoms with van der Waals surface area (Å²) in [4.78, 5) is 13.2. The minimum absolute atomic E-state index is 0.0656. The van der Waals surface area contributed by atoms with E-state index in [0.717, 1.165) is 17.2 Å². The first-order valence-corrected chi connectivity index (χ1v) is 13.4. The molecule has 4 rings (SSSR count). The molecule has 0 aliphatic carbocycles. The summed E-state index contributed by atoms with van der Waals surface area (Å²) in [6.07, 6.45) is -4.19. The van der Waals surface area contributed by atoms with Crippen molar-refractivity contribution in [2.45, 2.75) is 25.1 Å². The van der Waals surface area contributed by atoms with Crippen LogP contribution in [0, 0.1) is 11.6 Å². The summed E-state index contributed by atoms with van der Waals surface area (Å²) >= 11 is 6.22. The molecule has 0 unspecified atom stereocenters. The molecule has 10 heteroatoms. The fourth-order valence-corrected chi connectivity index (χ4v) is 4.94. The van der Waals surface area contributed by atoms with E-state index < -0.39 is 34.4 Å². The number of carboxylic acids is 1. The van der Waals surface area contributed by atoms with Crippen LogP contribution >= 0.6 is 11.6 Å². The molecule has 0 heterocycles. The lowest BCUT2D eigenvalue weighted by molar-refractivity contribution is -0.137. The Morgan fingerprint density at radius 1 is 0.881 bits per heavy atom. The fourth-order valence-electron chi connectivity index (χ4n) is 4.65. The molecule has 220 valence electrons. The van der Waals surface area contributed by atoms with Crippen LogP contribution in [0.5, 0.6) is 5.75 Å². The Kier molecular flexibility index (Phi) is 10.2. The lowest BCUT2D eigenvalue weighted by atomic mass is 9.90. The largest absolute Gasteiger partial charge is 0.494 e. The van der Waals surface area contributed by atoms with Crippen LogP contribution in [0.3, 0.4) is 0 Å². The zero-order valence-electron chi connectivity index (χ0n) is 22.3. The maximum absolute atomic E-state index is 13.7. The van der Waals surface area contributed by atoms with E-state index in [0.29, 0.717) is 25.3 Å². The predicted molar refractivity (Wildman–Crippen MR) is 150 cm³/mol. The number of hydrogen-bond donors (Lipinski definition) is 1. The molecule has 0 saturated heterocycles. The molecule has 0 radical (unpaired) electrons. The molecule has 0 aromatic heterocycles. The van der Waals surface area contributed by atoms with Crippen LogP contribution in [-0.2, 0) is 12.7 Å². The Morgan fingerprint density at radius 2 is 1.48 bits per heavy atom. The minimum atomic E-state index is -4.62. The number of halogens is 6. The van der Waals surface area contributed by atoms with Crippen LogP contribution in [-0.4, -0.2) is 35.7 Å². The number of nitrogens with zero attached hydrogens (tertiary/aromatic N) is 1. The van der Waals surface area contributed by atoms with Gasteiger partial charge in [-0.3, -0.25) is 4.90 Å². The number of rotatable bonds is 12. The third-order valence-electron chi connectivity index (χ3n) is 6.73. The predicted octanol–water partition coefficient (Wildman–Crippen LogP) is 8.44. The van der Waals surface area contributed by atoms with Gasteiger partial charge in [0.25, 0.3) is 0 Å². The molecule has 0 fully saturated rings. The average Bonchev–Trinajstić information content (AvgIpc) is 2.95. The maximum atomic E-state index is 13.7. The van der Waals surface area contributed by atoms with Gasteiger partial charge in [-0.15, -0.1) is 0 Å². The summed E-state index contributed by atoms with van der Waals surface area (Å²) in [5, 5.41) is 8.81. The first kappa shape index (κ1) is 31.0. The zero-order chi connectivity index (χ0) is 30.3. The average molecular weight is 604 g/mol. The number of alkyl halides is 3. The Bertz CT molecular complexity index is 1450. The van der Waals surface area contributed by atoms with Gasteiger partial charge in [0.2, 0.25) is 0 Å². The fraction of sp³-hybridized carbons (Fsp3) is 0.219. The van der Waals surface area contributed by atoms with Crippen LogP contribution in [0.1, 0.15) is 45.0 Å². The van der Waals surface area contributed by atoms with E-state index in [1.165, 1.54) is 48.5 Å². The SMILES string of the molecule is O=C(O)c1cccc(OCCCN(Cc2cccc(C(F)(F)F)c2Cl)CC(c2ccc(F)cc2)c2ccc(F)cc2)c1. The molecule has 1 N–H and O–H groups in total. The van der Waals surface area contributed by atoms with Crippen molar-refractivity contribution in [3.05, 3.63) is 135 Å². The summed E-state index contributed by atoms with van der Waals surface area (Å²) in [6, 6.07) is 21.6. The first-order chi connectivity index (χ1) is 20.0. The van der Waals surface area contributed by atoms with Gasteiger partial charge in [-0.05, 0) is 71.6 Å². The Morgan fingerprint density at radius 3 is 2.05 bits per heavy atom. The van der Waals surface area contributed by atoms with E-state index in [2.05, 4.69) is 0 Å². The molecule has 0 bridgehead atoms. The molecule has 4 aromatic carbocycles. The van der Waals surface area contributed by atoms with Gasteiger partial charge in [-0.2, -0.15) is 13.2 Å². The highest BCUT2D eigenvalue weighted by molar-refractivity contribution is 6.32. The molecular formula is C32H27ClF5NO3. The van der Waals surface area contributed by atoms with Crippen molar-refractivity contribution in [3.63, 3.8) is 0 Å². The third-order valence-corrected chi connectivity index (χ3v) is 7.18. The first-order valence-electron chi connectivity index (χ1n) is 13.1. The maximum Gasteiger partial charge on any atom is 0.417 e. The number of hydrogen-bond acceptors (Lipinski definition) is 3. The van der Waals surface area contributed by atoms with Crippen molar-refractivity contribution in [2.24, 2.45) is 0 Å². The van der Waals surface area contributed by atoms with Crippen molar-refractivity contribution in [3.8, 4) is 5.75 Å². The molecule has 0 spiro atoms. The number of ether oxygens (including phenoxy) is 1. The molecule has 0 atom stereocenters. The topological polar surface area (TPSA) is 49.8 Å². The quantitative estimate of drug-likeness (QED) is 0.130. The normalized spacial score (nSPS) is 11.7. The summed E-state index contributed by atoms with van der Waals surface area (Å²) in [5.41, 5.74) is 0.903. The molecule has 0 saturated carbocycles. The number of benzene rings is 4. The molecule has 0 aliphatic rings. The summed E-state index contributed by atoms with van der Waals surface area (Å²) in [5.74, 6) is -1.93. The summed E-state index contributed by atoms with van der Waals surface area (Å²) in [6.45, 7) is 0.923. The summed E-state index contributed by atoms with van der Waals surface area (Å²) < 4.78 is 73.9. The standard InChI is InChI=1S/C32H27ClF5NO3/c33-30-24(5-2-7-29(30)32(36,37)38)19-39(16-3-17-42-27-6-1-4-23(18-27)31(40)41)20-28(21-8-12-25(34)13-9-21)22-10-14-26(35)15-11-22/h1-2,4-15,18,28H,3,16-17,19-20H2,(H,40,41). The van der Waals surface area contributed by atoms with Gasteiger partial charge >= 0.3 is 12.1 Å². The summed E-state index contributed by atoms with van der Waals surface area (Å²) in [7, 11) is 0. The number of carboxylic acid groups (broad SMARTS) is 1. The van der Waals surface area contributed by atoms with E-state index in [1.54, 1.807) is 36.4 Å². The van der Waals surface area contributed by atoms with E-state index in [-0.39, 0.29) is 30.2 Å². The van der Waals surface area contributed by atoms with Gasteiger partial charge in [-0.1, -0.05) is 54.1 Å². The van der Waals surface area contributed by atoms with Crippen LogP contribution in [0.25, 0.3) is 0 Å². The van der Waals surface area contributed by atoms with E-state index in [1.807, 2.05) is 4.90 Å². The highest BCUT2D eigenvalue weighted by atomic mass is 35.5. The van der Waals surface area contributed by atoms with E-state index >= 15 is 0 Å². The number of carbonyl (C=O) groups is 1. The Balaban J connectivity index is 1.59. The molecule has 0 amide bonds. The monoisotopic (exact) mass is 603 g/mol. The van der Waals surface area contributed by atoms with Crippen molar-refractivity contribution >= 4 is 17.6 Å². The van der Waals surface area contributed by atoms with E-state index in [9.17, 15) is 31.9 Å². The van der Waals surface area contributed by atoms with Crippen molar-refractivity contribution in [2.75, 3.05) is 19.7 Å². The second-order valence-electron chi connectivity index (χ2n) is 9.70. The molecule has 4 aromatic rings.